The topological polar surface area (TPSA) is 70.7 Å². The molecule has 0 aliphatic carbocycles. The van der Waals surface area contributed by atoms with Gasteiger partial charge in [-0.1, -0.05) is 11.6 Å². The van der Waals surface area contributed by atoms with E-state index in [9.17, 15) is 15.0 Å². The van der Waals surface area contributed by atoms with Crippen molar-refractivity contribution in [2.75, 3.05) is 0 Å². The normalized spacial score (nSPS) is 10.9. The number of hydrogen-bond donors (Lipinski definition) is 2. The van der Waals surface area contributed by atoms with E-state index in [1.807, 2.05) is 0 Å². The number of phenolic OH excluding ortho intramolecular Hbond substituents is 1. The zero-order chi connectivity index (χ0) is 11.9. The summed E-state index contributed by atoms with van der Waals surface area (Å²) in [6, 6.07) is 2.79. The molecule has 2 aromatic rings. The minimum Gasteiger partial charge on any atom is -0.507 e. The highest BCUT2D eigenvalue weighted by Crippen LogP contribution is 2.32. The van der Waals surface area contributed by atoms with E-state index < -0.39 is 5.63 Å². The fourth-order valence-electron chi connectivity index (χ4n) is 1.69. The molecule has 0 bridgehead atoms. The Morgan fingerprint density at radius 2 is 2.06 bits per heavy atom. The molecule has 1 aromatic heterocycles. The first-order valence-corrected chi connectivity index (χ1v) is 4.98. The van der Waals surface area contributed by atoms with Gasteiger partial charge in [-0.3, -0.25) is 0 Å². The van der Waals surface area contributed by atoms with E-state index in [2.05, 4.69) is 0 Å². The van der Waals surface area contributed by atoms with Crippen molar-refractivity contribution in [2.45, 2.75) is 13.5 Å². The largest absolute Gasteiger partial charge is 0.507 e. The average Bonchev–Trinajstić information content (AvgIpc) is 2.23. The van der Waals surface area contributed by atoms with Crippen molar-refractivity contribution in [2.24, 2.45) is 0 Å². The number of aliphatic hydroxyl groups is 1. The molecule has 0 amide bonds. The molecule has 1 heterocycles. The summed E-state index contributed by atoms with van der Waals surface area (Å²) < 4.78 is 4.91. The van der Waals surface area contributed by atoms with Gasteiger partial charge in [0.2, 0.25) is 0 Å². The lowest BCUT2D eigenvalue weighted by Crippen LogP contribution is -2.05. The Hall–Kier alpha value is -1.52. The second kappa shape index (κ2) is 3.81. The predicted molar refractivity (Wildman–Crippen MR) is 59.8 cm³/mol. The summed E-state index contributed by atoms with van der Waals surface area (Å²) in [6.45, 7) is 1.25. The molecule has 0 aliphatic heterocycles. The van der Waals surface area contributed by atoms with Crippen LogP contribution in [0.4, 0.5) is 0 Å². The molecule has 0 radical (unpaired) electrons. The molecule has 0 aliphatic rings. The SMILES string of the molecule is Cc1oc(=O)c2c(O)ccc(Cl)c2c1CO. The molecule has 0 saturated carbocycles. The van der Waals surface area contributed by atoms with Crippen LogP contribution in [0.15, 0.2) is 21.3 Å². The number of benzene rings is 1. The van der Waals surface area contributed by atoms with Gasteiger partial charge in [0.1, 0.15) is 16.9 Å². The maximum atomic E-state index is 11.6. The van der Waals surface area contributed by atoms with Crippen LogP contribution in [0.2, 0.25) is 5.02 Å². The Bertz CT molecular complexity index is 615. The zero-order valence-corrected chi connectivity index (χ0v) is 9.21. The standard InChI is InChI=1S/C11H9ClO4/c1-5-6(4-13)9-7(12)2-3-8(14)10(9)11(15)16-5/h2-3,13-14H,4H2,1H3. The summed E-state index contributed by atoms with van der Waals surface area (Å²) in [5.41, 5.74) is -0.250. The van der Waals surface area contributed by atoms with Gasteiger partial charge in [-0.15, -0.1) is 0 Å². The van der Waals surface area contributed by atoms with Crippen LogP contribution in [-0.2, 0) is 6.61 Å². The first kappa shape index (κ1) is 11.0. The molecule has 2 N–H and O–H groups in total. The molecule has 5 heteroatoms. The van der Waals surface area contributed by atoms with Gasteiger partial charge in [0, 0.05) is 16.0 Å². The van der Waals surface area contributed by atoms with Crippen LogP contribution in [0.25, 0.3) is 10.8 Å². The molecule has 2 rings (SSSR count). The highest BCUT2D eigenvalue weighted by molar-refractivity contribution is 6.36. The Morgan fingerprint density at radius 1 is 1.38 bits per heavy atom. The number of phenols is 1. The lowest BCUT2D eigenvalue weighted by atomic mass is 10.1. The quantitative estimate of drug-likeness (QED) is 0.799. The van der Waals surface area contributed by atoms with Crippen molar-refractivity contribution in [3.63, 3.8) is 0 Å². The summed E-state index contributed by atoms with van der Waals surface area (Å²) in [5.74, 6) is 0.0929. The van der Waals surface area contributed by atoms with E-state index in [4.69, 9.17) is 16.0 Å². The molecule has 0 saturated heterocycles. The minimum atomic E-state index is -0.662. The van der Waals surface area contributed by atoms with Crippen LogP contribution in [-0.4, -0.2) is 10.2 Å². The number of rotatable bonds is 1. The third-order valence-corrected chi connectivity index (χ3v) is 2.78. The predicted octanol–water partition coefficient (Wildman–Crippen LogP) is 1.95. The van der Waals surface area contributed by atoms with Crippen molar-refractivity contribution in [3.8, 4) is 5.75 Å². The number of hydrogen-bond acceptors (Lipinski definition) is 4. The molecule has 0 fully saturated rings. The second-order valence-corrected chi connectivity index (χ2v) is 3.81. The zero-order valence-electron chi connectivity index (χ0n) is 8.45. The van der Waals surface area contributed by atoms with Crippen molar-refractivity contribution in [1.29, 1.82) is 0 Å². The van der Waals surface area contributed by atoms with Crippen LogP contribution in [0.5, 0.6) is 5.75 Å². The maximum absolute atomic E-state index is 11.6. The highest BCUT2D eigenvalue weighted by atomic mass is 35.5. The Balaban J connectivity index is 3.11. The number of aryl methyl sites for hydroxylation is 1. The average molecular weight is 241 g/mol. The van der Waals surface area contributed by atoms with Crippen molar-refractivity contribution in [1.82, 2.24) is 0 Å². The van der Waals surface area contributed by atoms with Gasteiger partial charge in [0.15, 0.2) is 0 Å². The molecule has 84 valence electrons. The number of halogens is 1. The Labute approximate surface area is 95.7 Å². The monoisotopic (exact) mass is 240 g/mol. The molecule has 16 heavy (non-hydrogen) atoms. The molecular formula is C11H9ClO4. The van der Waals surface area contributed by atoms with E-state index in [0.29, 0.717) is 21.7 Å². The third kappa shape index (κ3) is 1.47. The number of aromatic hydroxyl groups is 1. The number of aliphatic hydroxyl groups excluding tert-OH is 1. The van der Waals surface area contributed by atoms with Crippen LogP contribution < -0.4 is 5.63 Å². The van der Waals surface area contributed by atoms with Crippen LogP contribution in [0.3, 0.4) is 0 Å². The molecule has 0 unspecified atom stereocenters. The van der Waals surface area contributed by atoms with Crippen LogP contribution >= 0.6 is 11.6 Å². The second-order valence-electron chi connectivity index (χ2n) is 3.40. The first-order valence-electron chi connectivity index (χ1n) is 4.61. The van der Waals surface area contributed by atoms with E-state index in [1.165, 1.54) is 12.1 Å². The summed E-state index contributed by atoms with van der Waals surface area (Å²) in [6.07, 6.45) is 0. The fraction of sp³-hybridized carbons (Fsp3) is 0.182. The lowest BCUT2D eigenvalue weighted by molar-refractivity contribution is 0.277. The van der Waals surface area contributed by atoms with E-state index in [-0.39, 0.29) is 17.7 Å². The van der Waals surface area contributed by atoms with Gasteiger partial charge in [-0.25, -0.2) is 4.79 Å². The van der Waals surface area contributed by atoms with Crippen molar-refractivity contribution < 1.29 is 14.6 Å². The molecule has 4 nitrogen and oxygen atoms in total. The van der Waals surface area contributed by atoms with Gasteiger partial charge in [-0.2, -0.15) is 0 Å². The van der Waals surface area contributed by atoms with Crippen molar-refractivity contribution >= 4 is 22.4 Å². The van der Waals surface area contributed by atoms with Gasteiger partial charge in [0.25, 0.3) is 0 Å². The third-order valence-electron chi connectivity index (χ3n) is 2.47. The van der Waals surface area contributed by atoms with Gasteiger partial charge < -0.3 is 14.6 Å². The summed E-state index contributed by atoms with van der Waals surface area (Å²) in [5, 5.41) is 19.5. The van der Waals surface area contributed by atoms with Crippen LogP contribution in [0.1, 0.15) is 11.3 Å². The molecule has 0 spiro atoms. The first-order chi connectivity index (χ1) is 7.56. The van der Waals surface area contributed by atoms with E-state index in [0.717, 1.165) is 0 Å². The lowest BCUT2D eigenvalue weighted by Gasteiger charge is -2.08. The smallest absolute Gasteiger partial charge is 0.347 e. The summed E-state index contributed by atoms with van der Waals surface area (Å²) >= 11 is 5.95. The fourth-order valence-corrected chi connectivity index (χ4v) is 1.96. The van der Waals surface area contributed by atoms with Gasteiger partial charge in [-0.05, 0) is 19.1 Å². The molecule has 1 aromatic carbocycles. The summed E-state index contributed by atoms with van der Waals surface area (Å²) in [4.78, 5) is 11.6. The number of fused-ring (bicyclic) bond motifs is 1. The van der Waals surface area contributed by atoms with Crippen LogP contribution in [0, 0.1) is 6.92 Å². The van der Waals surface area contributed by atoms with Gasteiger partial charge in [0.05, 0.1) is 6.61 Å². The Morgan fingerprint density at radius 3 is 2.69 bits per heavy atom. The van der Waals surface area contributed by atoms with E-state index >= 15 is 0 Å². The summed E-state index contributed by atoms with van der Waals surface area (Å²) in [7, 11) is 0. The van der Waals surface area contributed by atoms with Crippen molar-refractivity contribution in [3.05, 3.63) is 38.9 Å². The highest BCUT2D eigenvalue weighted by Gasteiger charge is 2.16. The molecular weight excluding hydrogens is 232 g/mol. The minimum absolute atomic E-state index is 0.00199. The van der Waals surface area contributed by atoms with E-state index in [1.54, 1.807) is 6.92 Å². The Kier molecular flexibility index (Phi) is 2.61. The molecule has 0 atom stereocenters. The van der Waals surface area contributed by atoms with Gasteiger partial charge >= 0.3 is 5.63 Å². The maximum Gasteiger partial charge on any atom is 0.347 e.